The van der Waals surface area contributed by atoms with Gasteiger partial charge < -0.3 is 20.1 Å². The number of sulfonamides is 1. The third-order valence-corrected chi connectivity index (χ3v) is 4.38. The van der Waals surface area contributed by atoms with Crippen molar-refractivity contribution >= 4 is 16.0 Å². The first-order valence-electron chi connectivity index (χ1n) is 9.12. The van der Waals surface area contributed by atoms with Crippen molar-refractivity contribution in [2.45, 2.75) is 33.2 Å². The van der Waals surface area contributed by atoms with E-state index < -0.39 is 10.0 Å². The van der Waals surface area contributed by atoms with Crippen LogP contribution < -0.4 is 24.8 Å². The van der Waals surface area contributed by atoms with Gasteiger partial charge in [-0.05, 0) is 44.9 Å². The summed E-state index contributed by atoms with van der Waals surface area (Å²) in [5, 5.41) is 6.49. The zero-order valence-electron chi connectivity index (χ0n) is 16.8. The highest BCUT2D eigenvalue weighted by Crippen LogP contribution is 2.30. The minimum absolute atomic E-state index is 0.000210. The lowest BCUT2D eigenvalue weighted by Crippen LogP contribution is -2.39. The molecule has 0 fully saturated rings. The van der Waals surface area contributed by atoms with Crippen LogP contribution in [0.2, 0.25) is 0 Å². The molecule has 1 aromatic carbocycles. The minimum atomic E-state index is -3.15. The highest BCUT2D eigenvalue weighted by Gasteiger charge is 2.12. The molecule has 154 valence electrons. The van der Waals surface area contributed by atoms with Crippen LogP contribution in [-0.4, -0.2) is 54.0 Å². The predicted molar refractivity (Wildman–Crippen MR) is 109 cm³/mol. The Labute approximate surface area is 162 Å². The fraction of sp³-hybridized carbons (Fsp3) is 0.611. The Kier molecular flexibility index (Phi) is 9.95. The topological polar surface area (TPSA) is 101 Å². The Hall–Kier alpha value is -2.00. The molecule has 27 heavy (non-hydrogen) atoms. The van der Waals surface area contributed by atoms with Crippen molar-refractivity contribution in [1.29, 1.82) is 0 Å². The summed E-state index contributed by atoms with van der Waals surface area (Å²) < 4.78 is 35.8. The van der Waals surface area contributed by atoms with Crippen LogP contribution in [0.3, 0.4) is 0 Å². The van der Waals surface area contributed by atoms with Crippen LogP contribution in [0.15, 0.2) is 23.2 Å². The number of nitrogens with zero attached hydrogens (tertiary/aromatic N) is 1. The highest BCUT2D eigenvalue weighted by molar-refractivity contribution is 7.88. The molecule has 1 atom stereocenters. The van der Waals surface area contributed by atoms with Crippen molar-refractivity contribution in [3.8, 4) is 11.5 Å². The first-order chi connectivity index (χ1) is 12.8. The molecule has 9 heteroatoms. The van der Waals surface area contributed by atoms with Crippen molar-refractivity contribution in [1.82, 2.24) is 15.4 Å². The maximum absolute atomic E-state index is 11.0. The molecule has 1 unspecified atom stereocenters. The molecule has 0 heterocycles. The second-order valence-corrected chi connectivity index (χ2v) is 7.79. The lowest BCUT2D eigenvalue weighted by Gasteiger charge is -2.20. The van der Waals surface area contributed by atoms with Crippen LogP contribution in [-0.2, 0) is 10.0 Å². The first kappa shape index (κ1) is 23.0. The summed E-state index contributed by atoms with van der Waals surface area (Å²) >= 11 is 0. The van der Waals surface area contributed by atoms with Gasteiger partial charge in [-0.1, -0.05) is 6.07 Å². The molecule has 0 amide bonds. The second kappa shape index (κ2) is 11.7. The molecule has 1 rings (SSSR count). The van der Waals surface area contributed by atoms with Crippen molar-refractivity contribution < 1.29 is 17.9 Å². The Morgan fingerprint density at radius 1 is 1.15 bits per heavy atom. The average Bonchev–Trinajstić information content (AvgIpc) is 2.61. The normalized spacial score (nSPS) is 13.1. The van der Waals surface area contributed by atoms with Crippen molar-refractivity contribution in [2.24, 2.45) is 4.99 Å². The van der Waals surface area contributed by atoms with Crippen molar-refractivity contribution in [3.05, 3.63) is 23.8 Å². The van der Waals surface area contributed by atoms with Crippen molar-refractivity contribution in [2.75, 3.05) is 39.6 Å². The molecule has 0 spiro atoms. The number of hydrogen-bond acceptors (Lipinski definition) is 5. The molecular formula is C18H32N4O4S. The first-order valence-corrected chi connectivity index (χ1v) is 11.0. The van der Waals surface area contributed by atoms with E-state index in [1.165, 1.54) is 0 Å². The van der Waals surface area contributed by atoms with Crippen LogP contribution in [0, 0.1) is 0 Å². The van der Waals surface area contributed by atoms with E-state index in [2.05, 4.69) is 20.3 Å². The zero-order valence-corrected chi connectivity index (χ0v) is 17.6. The van der Waals surface area contributed by atoms with Gasteiger partial charge in [0.1, 0.15) is 0 Å². The number of guanidine groups is 1. The average molecular weight is 401 g/mol. The summed E-state index contributed by atoms with van der Waals surface area (Å²) in [7, 11) is -1.45. The van der Waals surface area contributed by atoms with Gasteiger partial charge in [-0.2, -0.15) is 0 Å². The Morgan fingerprint density at radius 3 is 2.41 bits per heavy atom. The summed E-state index contributed by atoms with van der Waals surface area (Å²) in [6.45, 7) is 8.04. The monoisotopic (exact) mass is 400 g/mol. The summed E-state index contributed by atoms with van der Waals surface area (Å²) in [5.74, 6) is 2.10. The lowest BCUT2D eigenvalue weighted by molar-refractivity contribution is 0.287. The van der Waals surface area contributed by atoms with Gasteiger partial charge in [0, 0.05) is 20.1 Å². The number of ether oxygens (including phenoxy) is 2. The van der Waals surface area contributed by atoms with Gasteiger partial charge in [0.25, 0.3) is 0 Å². The molecule has 3 N–H and O–H groups in total. The minimum Gasteiger partial charge on any atom is -0.490 e. The van der Waals surface area contributed by atoms with Gasteiger partial charge in [-0.15, -0.1) is 0 Å². The quantitative estimate of drug-likeness (QED) is 0.297. The third kappa shape index (κ3) is 8.96. The van der Waals surface area contributed by atoms with Gasteiger partial charge in [-0.3, -0.25) is 4.99 Å². The number of hydrogen-bond donors (Lipinski definition) is 3. The molecule has 0 saturated carbocycles. The number of aliphatic imine (C=N–C) groups is 1. The number of rotatable bonds is 11. The Bertz CT molecular complexity index is 707. The second-order valence-electron chi connectivity index (χ2n) is 5.96. The van der Waals surface area contributed by atoms with Gasteiger partial charge >= 0.3 is 0 Å². The van der Waals surface area contributed by atoms with Gasteiger partial charge in [0.15, 0.2) is 17.5 Å². The van der Waals surface area contributed by atoms with E-state index in [0.29, 0.717) is 38.7 Å². The molecule has 0 aliphatic carbocycles. The molecule has 8 nitrogen and oxygen atoms in total. The van der Waals surface area contributed by atoms with Crippen LogP contribution in [0.4, 0.5) is 0 Å². The van der Waals surface area contributed by atoms with E-state index in [1.54, 1.807) is 7.05 Å². The largest absolute Gasteiger partial charge is 0.490 e. The number of benzene rings is 1. The highest BCUT2D eigenvalue weighted by atomic mass is 32.2. The smallest absolute Gasteiger partial charge is 0.208 e. The fourth-order valence-electron chi connectivity index (χ4n) is 2.37. The molecule has 0 bridgehead atoms. The zero-order chi connectivity index (χ0) is 20.3. The van der Waals surface area contributed by atoms with Gasteiger partial charge in [-0.25, -0.2) is 13.1 Å². The summed E-state index contributed by atoms with van der Waals surface area (Å²) in [6.07, 6.45) is 1.80. The van der Waals surface area contributed by atoms with Crippen LogP contribution >= 0.6 is 0 Å². The third-order valence-electron chi connectivity index (χ3n) is 3.65. The molecular weight excluding hydrogens is 368 g/mol. The van der Waals surface area contributed by atoms with Gasteiger partial charge in [0.2, 0.25) is 10.0 Å². The molecule has 0 aliphatic rings. The maximum atomic E-state index is 11.0. The Morgan fingerprint density at radius 2 is 1.81 bits per heavy atom. The summed E-state index contributed by atoms with van der Waals surface area (Å²) in [6, 6.07) is 5.87. The van der Waals surface area contributed by atoms with Crippen LogP contribution in [0.25, 0.3) is 0 Å². The van der Waals surface area contributed by atoms with E-state index in [1.807, 2.05) is 39.0 Å². The lowest BCUT2D eigenvalue weighted by atomic mass is 10.1. The SMILES string of the molecule is CCOc1ccc(C(C)NC(=NC)NCCCNS(C)(=O)=O)cc1OCC. The Balaban J connectivity index is 2.61. The molecule has 0 aliphatic heterocycles. The molecule has 1 aromatic rings. The van der Waals surface area contributed by atoms with E-state index in [4.69, 9.17) is 9.47 Å². The standard InChI is InChI=1S/C18H32N4O4S/c1-6-25-16-10-9-15(13-17(16)26-7-2)14(3)22-18(19-4)20-11-8-12-21-27(5,23)24/h9-10,13-14,21H,6-8,11-12H2,1-5H3,(H2,19,20,22). The summed E-state index contributed by atoms with van der Waals surface area (Å²) in [4.78, 5) is 4.21. The fourth-order valence-corrected chi connectivity index (χ4v) is 2.89. The van der Waals surface area contributed by atoms with E-state index >= 15 is 0 Å². The molecule has 0 aromatic heterocycles. The maximum Gasteiger partial charge on any atom is 0.208 e. The molecule has 0 radical (unpaired) electrons. The predicted octanol–water partition coefficient (Wildman–Crippen LogP) is 1.65. The van der Waals surface area contributed by atoms with E-state index in [9.17, 15) is 8.42 Å². The van der Waals surface area contributed by atoms with Crippen LogP contribution in [0.5, 0.6) is 11.5 Å². The number of nitrogens with one attached hydrogen (secondary N) is 3. The van der Waals surface area contributed by atoms with E-state index in [-0.39, 0.29) is 6.04 Å². The summed E-state index contributed by atoms with van der Waals surface area (Å²) in [5.41, 5.74) is 1.04. The molecule has 0 saturated heterocycles. The van der Waals surface area contributed by atoms with Crippen molar-refractivity contribution in [3.63, 3.8) is 0 Å². The van der Waals surface area contributed by atoms with Crippen LogP contribution in [0.1, 0.15) is 38.8 Å². The van der Waals surface area contributed by atoms with Gasteiger partial charge in [0.05, 0.1) is 25.5 Å². The van der Waals surface area contributed by atoms with E-state index in [0.717, 1.165) is 23.3 Å².